The molecule has 4 N–H and O–H groups in total. The molecule has 0 aliphatic carbocycles. The number of anilines is 1. The maximum absolute atomic E-state index is 12.7. The standard InChI is InChI=1S/C19H18N4O4S/c1-11-4-2-3-5-13(11)23-17(26)9-16(18(23)27)28-19(20)22-21-10-12-6-7-14(24)15(25)8-12/h2-8,10,16,24-25H,9H2,1H3,(H2,20,22)/b21-10-/t16-/m0/s1. The van der Waals surface area contributed by atoms with Crippen LogP contribution in [0, 0.1) is 6.92 Å². The van der Waals surface area contributed by atoms with E-state index in [2.05, 4.69) is 10.2 Å². The number of benzene rings is 2. The molecule has 1 atom stereocenters. The summed E-state index contributed by atoms with van der Waals surface area (Å²) in [6.07, 6.45) is 1.37. The van der Waals surface area contributed by atoms with Gasteiger partial charge in [-0.2, -0.15) is 5.10 Å². The van der Waals surface area contributed by atoms with Crippen LogP contribution < -0.4 is 10.6 Å². The molecular formula is C19H18N4O4S. The van der Waals surface area contributed by atoms with Gasteiger partial charge >= 0.3 is 0 Å². The van der Waals surface area contributed by atoms with Crippen LogP contribution in [-0.2, 0) is 9.59 Å². The van der Waals surface area contributed by atoms with Gasteiger partial charge in [-0.05, 0) is 42.3 Å². The Balaban J connectivity index is 1.68. The lowest BCUT2D eigenvalue weighted by Gasteiger charge is -2.16. The molecule has 1 saturated heterocycles. The fraction of sp³-hybridized carbons (Fsp3) is 0.158. The average Bonchev–Trinajstić information content (AvgIpc) is 2.92. The maximum atomic E-state index is 12.7. The van der Waals surface area contributed by atoms with Crippen molar-refractivity contribution >= 4 is 40.6 Å². The Bertz CT molecular complexity index is 990. The normalized spacial score (nSPS) is 17.7. The topological polar surface area (TPSA) is 129 Å². The number of imide groups is 1. The number of amidine groups is 1. The summed E-state index contributed by atoms with van der Waals surface area (Å²) in [5.41, 5.74) is 7.73. The van der Waals surface area contributed by atoms with Crippen molar-refractivity contribution in [2.75, 3.05) is 4.90 Å². The van der Waals surface area contributed by atoms with Crippen molar-refractivity contribution < 1.29 is 19.8 Å². The van der Waals surface area contributed by atoms with E-state index < -0.39 is 5.25 Å². The van der Waals surface area contributed by atoms with E-state index in [1.165, 1.54) is 29.3 Å². The van der Waals surface area contributed by atoms with E-state index in [4.69, 9.17) is 5.73 Å². The van der Waals surface area contributed by atoms with Crippen molar-refractivity contribution in [2.24, 2.45) is 15.9 Å². The molecule has 3 rings (SSSR count). The van der Waals surface area contributed by atoms with E-state index in [1.807, 2.05) is 19.1 Å². The van der Waals surface area contributed by atoms with E-state index in [1.54, 1.807) is 12.1 Å². The van der Waals surface area contributed by atoms with E-state index in [0.29, 0.717) is 11.3 Å². The van der Waals surface area contributed by atoms with Crippen LogP contribution in [0.1, 0.15) is 17.5 Å². The number of nitrogens with two attached hydrogens (primary N) is 1. The predicted molar refractivity (Wildman–Crippen MR) is 109 cm³/mol. The molecule has 2 aromatic carbocycles. The summed E-state index contributed by atoms with van der Waals surface area (Å²) in [7, 11) is 0. The quantitative estimate of drug-likeness (QED) is 0.238. The Morgan fingerprint density at radius 3 is 2.68 bits per heavy atom. The van der Waals surface area contributed by atoms with Crippen molar-refractivity contribution in [1.82, 2.24) is 0 Å². The molecule has 0 saturated carbocycles. The predicted octanol–water partition coefficient (Wildman–Crippen LogP) is 2.12. The highest BCUT2D eigenvalue weighted by atomic mass is 32.2. The van der Waals surface area contributed by atoms with Crippen LogP contribution in [0.25, 0.3) is 0 Å². The number of carbonyl (C=O) groups excluding carboxylic acids is 2. The van der Waals surface area contributed by atoms with Gasteiger partial charge in [0.1, 0.15) is 5.25 Å². The van der Waals surface area contributed by atoms with Crippen molar-refractivity contribution in [2.45, 2.75) is 18.6 Å². The number of phenols is 2. The molecule has 2 amide bonds. The first-order valence-electron chi connectivity index (χ1n) is 8.34. The zero-order valence-electron chi connectivity index (χ0n) is 14.9. The van der Waals surface area contributed by atoms with Crippen LogP contribution in [0.5, 0.6) is 11.5 Å². The highest BCUT2D eigenvalue weighted by Crippen LogP contribution is 2.31. The van der Waals surface area contributed by atoms with Crippen LogP contribution in [0.4, 0.5) is 5.69 Å². The number of rotatable bonds is 4. The third-order valence-electron chi connectivity index (χ3n) is 4.09. The average molecular weight is 398 g/mol. The summed E-state index contributed by atoms with van der Waals surface area (Å²) in [6, 6.07) is 11.4. The summed E-state index contributed by atoms with van der Waals surface area (Å²) >= 11 is 0.977. The second-order valence-corrected chi connectivity index (χ2v) is 7.32. The molecule has 0 radical (unpaired) electrons. The Kier molecular flexibility index (Phi) is 5.65. The van der Waals surface area contributed by atoms with E-state index in [9.17, 15) is 19.8 Å². The zero-order chi connectivity index (χ0) is 20.3. The SMILES string of the molecule is Cc1ccccc1N1C(=O)C[C@H](S/C(N)=N/N=C\c2ccc(O)c(O)c2)C1=O. The number of aryl methyl sites for hydroxylation is 1. The number of para-hydroxylation sites is 1. The monoisotopic (exact) mass is 398 g/mol. The third-order valence-corrected chi connectivity index (χ3v) is 5.06. The van der Waals surface area contributed by atoms with Crippen LogP contribution in [-0.4, -0.2) is 38.7 Å². The van der Waals surface area contributed by atoms with Crippen LogP contribution >= 0.6 is 11.8 Å². The van der Waals surface area contributed by atoms with Gasteiger partial charge in [0.2, 0.25) is 11.8 Å². The van der Waals surface area contributed by atoms with Crippen molar-refractivity contribution in [1.29, 1.82) is 0 Å². The summed E-state index contributed by atoms with van der Waals surface area (Å²) in [6.45, 7) is 1.84. The van der Waals surface area contributed by atoms with E-state index in [-0.39, 0.29) is 34.9 Å². The second-order valence-electron chi connectivity index (χ2n) is 6.10. The molecule has 0 unspecified atom stereocenters. The first-order valence-corrected chi connectivity index (χ1v) is 9.22. The van der Waals surface area contributed by atoms with Crippen LogP contribution in [0.15, 0.2) is 52.7 Å². The summed E-state index contributed by atoms with van der Waals surface area (Å²) in [5.74, 6) is -1.14. The Morgan fingerprint density at radius 2 is 1.96 bits per heavy atom. The molecule has 0 bridgehead atoms. The number of nitrogens with zero attached hydrogens (tertiary/aromatic N) is 3. The van der Waals surface area contributed by atoms with Gasteiger partial charge in [-0.15, -0.1) is 5.10 Å². The molecule has 28 heavy (non-hydrogen) atoms. The first-order chi connectivity index (χ1) is 13.4. The summed E-state index contributed by atoms with van der Waals surface area (Å²) in [5, 5.41) is 25.7. The maximum Gasteiger partial charge on any atom is 0.247 e. The highest BCUT2D eigenvalue weighted by molar-refractivity contribution is 8.14. The minimum atomic E-state index is -0.663. The van der Waals surface area contributed by atoms with Gasteiger partial charge in [0, 0.05) is 6.42 Å². The molecule has 0 aromatic heterocycles. The van der Waals surface area contributed by atoms with Gasteiger partial charge in [0.15, 0.2) is 16.7 Å². The number of amides is 2. The number of hydrogen-bond donors (Lipinski definition) is 3. The number of carbonyl (C=O) groups is 2. The molecule has 1 aliphatic heterocycles. The van der Waals surface area contributed by atoms with Gasteiger partial charge in [-0.1, -0.05) is 30.0 Å². The zero-order valence-corrected chi connectivity index (χ0v) is 15.8. The van der Waals surface area contributed by atoms with Gasteiger partial charge < -0.3 is 15.9 Å². The van der Waals surface area contributed by atoms with E-state index in [0.717, 1.165) is 17.3 Å². The molecule has 9 heteroatoms. The molecule has 1 aliphatic rings. The van der Waals surface area contributed by atoms with Gasteiger partial charge in [-0.25, -0.2) is 4.90 Å². The lowest BCUT2D eigenvalue weighted by molar-refractivity contribution is -0.121. The minimum absolute atomic E-state index is 0.0314. The van der Waals surface area contributed by atoms with Crippen molar-refractivity contribution in [3.8, 4) is 11.5 Å². The van der Waals surface area contributed by atoms with Gasteiger partial charge in [0.25, 0.3) is 0 Å². The van der Waals surface area contributed by atoms with E-state index >= 15 is 0 Å². The Labute approximate surface area is 165 Å². The summed E-state index contributed by atoms with van der Waals surface area (Å²) in [4.78, 5) is 26.2. The number of thioether (sulfide) groups is 1. The molecule has 0 spiro atoms. The first kappa shape index (κ1) is 19.4. The Hall–Kier alpha value is -3.33. The molecule has 1 fully saturated rings. The third kappa shape index (κ3) is 4.15. The number of hydrogen-bond acceptors (Lipinski definition) is 7. The van der Waals surface area contributed by atoms with Crippen molar-refractivity contribution in [3.63, 3.8) is 0 Å². The minimum Gasteiger partial charge on any atom is -0.504 e. The van der Waals surface area contributed by atoms with Gasteiger partial charge in [-0.3, -0.25) is 9.59 Å². The fourth-order valence-corrected chi connectivity index (χ4v) is 3.52. The lowest BCUT2D eigenvalue weighted by Crippen LogP contribution is -2.32. The second kappa shape index (κ2) is 8.13. The molecule has 8 nitrogen and oxygen atoms in total. The smallest absolute Gasteiger partial charge is 0.247 e. The highest BCUT2D eigenvalue weighted by Gasteiger charge is 2.41. The number of aromatic hydroxyl groups is 2. The molecule has 144 valence electrons. The molecule has 2 aromatic rings. The van der Waals surface area contributed by atoms with Crippen molar-refractivity contribution in [3.05, 3.63) is 53.6 Å². The lowest BCUT2D eigenvalue weighted by atomic mass is 10.2. The number of phenolic OH excluding ortho intramolecular Hbond substituents is 2. The fourth-order valence-electron chi connectivity index (χ4n) is 2.71. The van der Waals surface area contributed by atoms with Gasteiger partial charge in [0.05, 0.1) is 11.9 Å². The Morgan fingerprint density at radius 1 is 1.21 bits per heavy atom. The van der Waals surface area contributed by atoms with Crippen LogP contribution in [0.3, 0.4) is 0 Å². The molecule has 1 heterocycles. The van der Waals surface area contributed by atoms with Crippen LogP contribution in [0.2, 0.25) is 0 Å². The largest absolute Gasteiger partial charge is 0.504 e. The summed E-state index contributed by atoms with van der Waals surface area (Å²) < 4.78 is 0. The molecular weight excluding hydrogens is 380 g/mol.